The predicted molar refractivity (Wildman–Crippen MR) is 75.7 cm³/mol. The van der Waals surface area contributed by atoms with Gasteiger partial charge < -0.3 is 15.3 Å². The van der Waals surface area contributed by atoms with Crippen LogP contribution in [0.4, 0.5) is 0 Å². The maximum atomic E-state index is 9.70. The van der Waals surface area contributed by atoms with Gasteiger partial charge in [0.15, 0.2) is 0 Å². The third-order valence-electron chi connectivity index (χ3n) is 4.86. The zero-order chi connectivity index (χ0) is 13.0. The fourth-order valence-electron chi connectivity index (χ4n) is 3.59. The van der Waals surface area contributed by atoms with Gasteiger partial charge in [-0.05, 0) is 57.2 Å². The van der Waals surface area contributed by atoms with E-state index in [1.165, 1.54) is 38.9 Å². The lowest BCUT2D eigenvalue weighted by molar-refractivity contribution is 0.0943. The lowest BCUT2D eigenvalue weighted by atomic mass is 9.86. The average Bonchev–Trinajstić information content (AvgIpc) is 2.37. The summed E-state index contributed by atoms with van der Waals surface area (Å²) in [5.74, 6) is 1.46. The molecule has 0 radical (unpaired) electrons. The minimum atomic E-state index is -0.0371. The standard InChI is InChI=1S/C15H30N2O/c1-3-17-8-7-15(12(2)11-17)16-10-13-5-4-6-14(18)9-13/h12-16,18H,3-11H2,1-2H3. The summed E-state index contributed by atoms with van der Waals surface area (Å²) in [5, 5.41) is 13.5. The van der Waals surface area contributed by atoms with E-state index < -0.39 is 0 Å². The Labute approximate surface area is 112 Å². The molecule has 4 unspecified atom stereocenters. The van der Waals surface area contributed by atoms with E-state index in [0.29, 0.717) is 12.0 Å². The topological polar surface area (TPSA) is 35.5 Å². The van der Waals surface area contributed by atoms with Gasteiger partial charge in [0.1, 0.15) is 0 Å². The average molecular weight is 254 g/mol. The summed E-state index contributed by atoms with van der Waals surface area (Å²) in [5.41, 5.74) is 0. The number of rotatable bonds is 4. The third kappa shape index (κ3) is 3.94. The largest absolute Gasteiger partial charge is 0.393 e. The number of likely N-dealkylation sites (tertiary alicyclic amines) is 1. The van der Waals surface area contributed by atoms with E-state index >= 15 is 0 Å². The highest BCUT2D eigenvalue weighted by Gasteiger charge is 2.26. The Kier molecular flexibility index (Phi) is 5.46. The van der Waals surface area contributed by atoms with E-state index in [1.54, 1.807) is 0 Å². The van der Waals surface area contributed by atoms with Crippen LogP contribution < -0.4 is 5.32 Å². The fraction of sp³-hybridized carbons (Fsp3) is 1.00. The molecule has 1 aliphatic carbocycles. The molecule has 18 heavy (non-hydrogen) atoms. The van der Waals surface area contributed by atoms with Gasteiger partial charge in [-0.3, -0.25) is 0 Å². The van der Waals surface area contributed by atoms with E-state index in [4.69, 9.17) is 0 Å². The molecule has 1 saturated heterocycles. The second kappa shape index (κ2) is 6.88. The highest BCUT2D eigenvalue weighted by molar-refractivity contribution is 4.84. The van der Waals surface area contributed by atoms with Crippen molar-refractivity contribution in [2.24, 2.45) is 11.8 Å². The summed E-state index contributed by atoms with van der Waals surface area (Å²) >= 11 is 0. The van der Waals surface area contributed by atoms with Crippen molar-refractivity contribution in [2.45, 2.75) is 58.1 Å². The second-order valence-electron chi connectivity index (χ2n) is 6.36. The first kappa shape index (κ1) is 14.3. The summed E-state index contributed by atoms with van der Waals surface area (Å²) in [6.07, 6.45) is 5.77. The van der Waals surface area contributed by atoms with Gasteiger partial charge in [-0.2, -0.15) is 0 Å². The first-order valence-corrected chi connectivity index (χ1v) is 7.82. The van der Waals surface area contributed by atoms with Gasteiger partial charge in [0.25, 0.3) is 0 Å². The molecule has 0 aromatic carbocycles. The van der Waals surface area contributed by atoms with Gasteiger partial charge in [0.05, 0.1) is 6.10 Å². The van der Waals surface area contributed by atoms with E-state index in [9.17, 15) is 5.11 Å². The Morgan fingerprint density at radius 1 is 1.28 bits per heavy atom. The minimum absolute atomic E-state index is 0.0371. The minimum Gasteiger partial charge on any atom is -0.393 e. The lowest BCUT2D eigenvalue weighted by Crippen LogP contribution is -2.49. The molecule has 1 heterocycles. The van der Waals surface area contributed by atoms with Crippen molar-refractivity contribution in [3.05, 3.63) is 0 Å². The number of aliphatic hydroxyl groups is 1. The number of hydrogen-bond donors (Lipinski definition) is 2. The zero-order valence-corrected chi connectivity index (χ0v) is 12.1. The van der Waals surface area contributed by atoms with Crippen LogP contribution in [0, 0.1) is 11.8 Å². The van der Waals surface area contributed by atoms with Crippen molar-refractivity contribution in [1.82, 2.24) is 10.2 Å². The number of piperidine rings is 1. The highest BCUT2D eigenvalue weighted by atomic mass is 16.3. The smallest absolute Gasteiger partial charge is 0.0543 e. The van der Waals surface area contributed by atoms with Crippen molar-refractivity contribution in [3.63, 3.8) is 0 Å². The van der Waals surface area contributed by atoms with Crippen molar-refractivity contribution in [3.8, 4) is 0 Å². The molecule has 2 aliphatic rings. The molecule has 106 valence electrons. The molecular weight excluding hydrogens is 224 g/mol. The quantitative estimate of drug-likeness (QED) is 0.804. The fourth-order valence-corrected chi connectivity index (χ4v) is 3.59. The predicted octanol–water partition coefficient (Wildman–Crippen LogP) is 1.86. The van der Waals surface area contributed by atoms with Crippen LogP contribution in [0.5, 0.6) is 0 Å². The molecule has 0 bridgehead atoms. The number of nitrogens with one attached hydrogen (secondary N) is 1. The summed E-state index contributed by atoms with van der Waals surface area (Å²) in [6.45, 7) is 9.40. The SMILES string of the molecule is CCN1CCC(NCC2CCCC(O)C2)C(C)C1. The van der Waals surface area contributed by atoms with Gasteiger partial charge in [-0.25, -0.2) is 0 Å². The van der Waals surface area contributed by atoms with E-state index in [0.717, 1.165) is 25.3 Å². The highest BCUT2D eigenvalue weighted by Crippen LogP contribution is 2.24. The summed E-state index contributed by atoms with van der Waals surface area (Å²) in [7, 11) is 0. The third-order valence-corrected chi connectivity index (χ3v) is 4.86. The molecule has 1 saturated carbocycles. The lowest BCUT2D eigenvalue weighted by Gasteiger charge is -2.38. The van der Waals surface area contributed by atoms with Crippen LogP contribution in [0.1, 0.15) is 46.0 Å². The van der Waals surface area contributed by atoms with Crippen LogP contribution in [0.25, 0.3) is 0 Å². The Bertz CT molecular complexity index is 247. The van der Waals surface area contributed by atoms with Crippen LogP contribution in [-0.4, -0.2) is 48.3 Å². The molecular formula is C15H30N2O. The van der Waals surface area contributed by atoms with Gasteiger partial charge in [-0.15, -0.1) is 0 Å². The van der Waals surface area contributed by atoms with Crippen molar-refractivity contribution < 1.29 is 5.11 Å². The summed E-state index contributed by atoms with van der Waals surface area (Å²) in [4.78, 5) is 2.55. The molecule has 2 rings (SSSR count). The van der Waals surface area contributed by atoms with E-state index in [1.807, 2.05) is 0 Å². The monoisotopic (exact) mass is 254 g/mol. The molecule has 3 heteroatoms. The Balaban J connectivity index is 1.70. The van der Waals surface area contributed by atoms with Gasteiger partial charge in [-0.1, -0.05) is 20.3 Å². The normalized spacial score (nSPS) is 38.8. The van der Waals surface area contributed by atoms with Crippen LogP contribution in [0.2, 0.25) is 0 Å². The Morgan fingerprint density at radius 2 is 2.11 bits per heavy atom. The maximum Gasteiger partial charge on any atom is 0.0543 e. The summed E-state index contributed by atoms with van der Waals surface area (Å²) in [6, 6.07) is 0.687. The molecule has 0 aromatic rings. The van der Waals surface area contributed by atoms with Crippen molar-refractivity contribution in [1.29, 1.82) is 0 Å². The van der Waals surface area contributed by atoms with Gasteiger partial charge in [0.2, 0.25) is 0 Å². The summed E-state index contributed by atoms with van der Waals surface area (Å²) < 4.78 is 0. The first-order chi connectivity index (χ1) is 8.69. The molecule has 4 atom stereocenters. The van der Waals surface area contributed by atoms with E-state index in [-0.39, 0.29) is 6.10 Å². The van der Waals surface area contributed by atoms with Gasteiger partial charge >= 0.3 is 0 Å². The molecule has 3 nitrogen and oxygen atoms in total. The Hall–Kier alpha value is -0.120. The van der Waals surface area contributed by atoms with Crippen LogP contribution in [0.15, 0.2) is 0 Å². The molecule has 0 amide bonds. The van der Waals surface area contributed by atoms with Crippen LogP contribution in [0.3, 0.4) is 0 Å². The van der Waals surface area contributed by atoms with Crippen molar-refractivity contribution in [2.75, 3.05) is 26.2 Å². The molecule has 0 spiro atoms. The van der Waals surface area contributed by atoms with Crippen LogP contribution in [-0.2, 0) is 0 Å². The molecule has 2 fully saturated rings. The van der Waals surface area contributed by atoms with Crippen molar-refractivity contribution >= 4 is 0 Å². The first-order valence-electron chi connectivity index (χ1n) is 7.82. The molecule has 1 aliphatic heterocycles. The molecule has 0 aromatic heterocycles. The maximum absolute atomic E-state index is 9.70. The second-order valence-corrected chi connectivity index (χ2v) is 6.36. The number of nitrogens with zero attached hydrogens (tertiary/aromatic N) is 1. The zero-order valence-electron chi connectivity index (χ0n) is 12.1. The van der Waals surface area contributed by atoms with Gasteiger partial charge in [0, 0.05) is 12.6 Å². The van der Waals surface area contributed by atoms with E-state index in [2.05, 4.69) is 24.1 Å². The Morgan fingerprint density at radius 3 is 2.78 bits per heavy atom. The number of hydrogen-bond acceptors (Lipinski definition) is 3. The number of aliphatic hydroxyl groups excluding tert-OH is 1. The van der Waals surface area contributed by atoms with Crippen LogP contribution >= 0.6 is 0 Å². The molecule has 2 N–H and O–H groups in total.